The maximum Gasteiger partial charge on any atom is 0.259 e. The minimum absolute atomic E-state index is 0.197. The third-order valence-corrected chi connectivity index (χ3v) is 3.57. The van der Waals surface area contributed by atoms with Gasteiger partial charge < -0.3 is 10.1 Å². The van der Waals surface area contributed by atoms with Gasteiger partial charge in [-0.25, -0.2) is 0 Å². The van der Waals surface area contributed by atoms with E-state index in [0.717, 1.165) is 18.4 Å². The Bertz CT molecular complexity index is 655. The van der Waals surface area contributed by atoms with Crippen molar-refractivity contribution in [3.8, 4) is 5.75 Å². The summed E-state index contributed by atoms with van der Waals surface area (Å²) in [5.74, 6) is 0.408. The van der Waals surface area contributed by atoms with E-state index in [1.165, 1.54) is 0 Å². The summed E-state index contributed by atoms with van der Waals surface area (Å²) in [6.07, 6.45) is 2.01. The van der Waals surface area contributed by atoms with E-state index in [1.807, 2.05) is 31.2 Å². The summed E-state index contributed by atoms with van der Waals surface area (Å²) in [6, 6.07) is 12.7. The molecule has 2 aromatic carbocycles. The van der Waals surface area contributed by atoms with Crippen LogP contribution in [0.1, 0.15) is 35.7 Å². The maximum absolute atomic E-state index is 12.5. The molecule has 0 radical (unpaired) electrons. The predicted octanol–water partition coefficient (Wildman–Crippen LogP) is 5.08. The van der Waals surface area contributed by atoms with Crippen molar-refractivity contribution in [2.45, 2.75) is 26.7 Å². The van der Waals surface area contributed by atoms with Crippen molar-refractivity contribution in [1.82, 2.24) is 0 Å². The van der Waals surface area contributed by atoms with Crippen molar-refractivity contribution in [3.05, 3.63) is 58.6 Å². The Hall–Kier alpha value is -2.00. The summed E-state index contributed by atoms with van der Waals surface area (Å²) in [5.41, 5.74) is 2.20. The van der Waals surface area contributed by atoms with Crippen molar-refractivity contribution in [2.24, 2.45) is 0 Å². The van der Waals surface area contributed by atoms with Crippen LogP contribution in [0.3, 0.4) is 0 Å². The number of halogens is 1. The fourth-order valence-electron chi connectivity index (χ4n) is 2.03. The van der Waals surface area contributed by atoms with Gasteiger partial charge in [-0.2, -0.15) is 0 Å². The molecule has 3 nitrogen and oxygen atoms in total. The van der Waals surface area contributed by atoms with Crippen LogP contribution in [-0.4, -0.2) is 12.5 Å². The van der Waals surface area contributed by atoms with E-state index in [4.69, 9.17) is 16.3 Å². The molecule has 0 aliphatic heterocycles. The number of carbonyl (C=O) groups is 1. The topological polar surface area (TPSA) is 38.3 Å². The Morgan fingerprint density at radius 2 is 2.00 bits per heavy atom. The summed E-state index contributed by atoms with van der Waals surface area (Å²) >= 11 is 5.99. The number of unbranched alkanes of at least 4 members (excludes halogenated alkanes) is 1. The molecule has 2 aromatic rings. The van der Waals surface area contributed by atoms with Crippen LogP contribution in [0.5, 0.6) is 5.75 Å². The van der Waals surface area contributed by atoms with Gasteiger partial charge in [0.15, 0.2) is 0 Å². The maximum atomic E-state index is 12.5. The van der Waals surface area contributed by atoms with Crippen LogP contribution < -0.4 is 10.1 Å². The molecule has 0 atom stereocenters. The number of hydrogen-bond acceptors (Lipinski definition) is 2. The number of ether oxygens (including phenoxy) is 1. The van der Waals surface area contributed by atoms with Crippen LogP contribution >= 0.6 is 11.6 Å². The van der Waals surface area contributed by atoms with Gasteiger partial charge in [0.1, 0.15) is 5.75 Å². The van der Waals surface area contributed by atoms with E-state index in [9.17, 15) is 4.79 Å². The molecule has 22 heavy (non-hydrogen) atoms. The lowest BCUT2D eigenvalue weighted by molar-refractivity contribution is 0.102. The van der Waals surface area contributed by atoms with E-state index >= 15 is 0 Å². The minimum atomic E-state index is -0.197. The van der Waals surface area contributed by atoms with Crippen molar-refractivity contribution in [2.75, 3.05) is 11.9 Å². The highest BCUT2D eigenvalue weighted by atomic mass is 35.5. The van der Waals surface area contributed by atoms with E-state index in [-0.39, 0.29) is 5.91 Å². The van der Waals surface area contributed by atoms with E-state index in [1.54, 1.807) is 18.2 Å². The standard InChI is InChI=1S/C18H20ClNO2/c1-3-4-11-22-17-8-6-5-7-15(17)18(21)20-16-12-14(19)10-9-13(16)2/h5-10,12H,3-4,11H2,1-2H3,(H,20,21). The van der Waals surface area contributed by atoms with Gasteiger partial charge in [-0.05, 0) is 43.2 Å². The first kappa shape index (κ1) is 16.4. The number of benzene rings is 2. The summed E-state index contributed by atoms with van der Waals surface area (Å²) in [7, 11) is 0. The zero-order valence-corrected chi connectivity index (χ0v) is 13.6. The van der Waals surface area contributed by atoms with Crippen molar-refractivity contribution in [3.63, 3.8) is 0 Å². The normalized spacial score (nSPS) is 10.3. The van der Waals surface area contributed by atoms with E-state index in [2.05, 4.69) is 12.2 Å². The quantitative estimate of drug-likeness (QED) is 0.754. The summed E-state index contributed by atoms with van der Waals surface area (Å²) in [4.78, 5) is 12.5. The highest BCUT2D eigenvalue weighted by Gasteiger charge is 2.13. The Balaban J connectivity index is 2.17. The third-order valence-electron chi connectivity index (χ3n) is 3.33. The van der Waals surface area contributed by atoms with Crippen molar-refractivity contribution < 1.29 is 9.53 Å². The second-order valence-corrected chi connectivity index (χ2v) is 5.55. The molecule has 2 rings (SSSR count). The number of para-hydroxylation sites is 1. The lowest BCUT2D eigenvalue weighted by atomic mass is 10.1. The molecule has 1 N–H and O–H groups in total. The molecule has 0 spiro atoms. The van der Waals surface area contributed by atoms with Gasteiger partial charge in [-0.1, -0.05) is 43.1 Å². The van der Waals surface area contributed by atoms with Gasteiger partial charge in [0, 0.05) is 10.7 Å². The molecule has 0 aliphatic rings. The average molecular weight is 318 g/mol. The fraction of sp³-hybridized carbons (Fsp3) is 0.278. The molecule has 116 valence electrons. The SMILES string of the molecule is CCCCOc1ccccc1C(=O)Nc1cc(Cl)ccc1C. The number of carbonyl (C=O) groups excluding carboxylic acids is 1. The first-order chi connectivity index (χ1) is 10.6. The number of hydrogen-bond donors (Lipinski definition) is 1. The van der Waals surface area contributed by atoms with E-state index < -0.39 is 0 Å². The summed E-state index contributed by atoms with van der Waals surface area (Å²) in [6.45, 7) is 4.64. The van der Waals surface area contributed by atoms with E-state index in [0.29, 0.717) is 28.6 Å². The van der Waals surface area contributed by atoms with Crippen LogP contribution in [-0.2, 0) is 0 Å². The molecule has 0 unspecified atom stereocenters. The number of rotatable bonds is 6. The lowest BCUT2D eigenvalue weighted by Gasteiger charge is -2.13. The highest BCUT2D eigenvalue weighted by Crippen LogP contribution is 2.23. The molecule has 0 saturated carbocycles. The Morgan fingerprint density at radius 1 is 1.23 bits per heavy atom. The van der Waals surface area contributed by atoms with Crippen molar-refractivity contribution in [1.29, 1.82) is 0 Å². The second kappa shape index (κ2) is 7.85. The molecule has 1 amide bonds. The van der Waals surface area contributed by atoms with Gasteiger partial charge in [-0.3, -0.25) is 4.79 Å². The number of anilines is 1. The summed E-state index contributed by atoms with van der Waals surface area (Å²) in [5, 5.41) is 3.49. The molecular formula is C18H20ClNO2. The summed E-state index contributed by atoms with van der Waals surface area (Å²) < 4.78 is 5.70. The third kappa shape index (κ3) is 4.25. The molecule has 0 fully saturated rings. The molecular weight excluding hydrogens is 298 g/mol. The van der Waals surface area contributed by atoms with Crippen LogP contribution in [0.4, 0.5) is 5.69 Å². The Kier molecular flexibility index (Phi) is 5.84. The monoisotopic (exact) mass is 317 g/mol. The fourth-order valence-corrected chi connectivity index (χ4v) is 2.20. The van der Waals surface area contributed by atoms with Crippen LogP contribution in [0.15, 0.2) is 42.5 Å². The first-order valence-corrected chi connectivity index (χ1v) is 7.79. The molecule has 0 heterocycles. The Labute approximate surface area is 136 Å². The zero-order valence-electron chi connectivity index (χ0n) is 12.9. The lowest BCUT2D eigenvalue weighted by Crippen LogP contribution is -2.14. The van der Waals surface area contributed by atoms with Gasteiger partial charge >= 0.3 is 0 Å². The van der Waals surface area contributed by atoms with Gasteiger partial charge in [0.25, 0.3) is 5.91 Å². The molecule has 0 aromatic heterocycles. The van der Waals surface area contributed by atoms with Crippen LogP contribution in [0.2, 0.25) is 5.02 Å². The smallest absolute Gasteiger partial charge is 0.259 e. The minimum Gasteiger partial charge on any atom is -0.493 e. The number of nitrogens with one attached hydrogen (secondary N) is 1. The number of amides is 1. The zero-order chi connectivity index (χ0) is 15.9. The predicted molar refractivity (Wildman–Crippen MR) is 91.0 cm³/mol. The Morgan fingerprint density at radius 3 is 2.77 bits per heavy atom. The highest BCUT2D eigenvalue weighted by molar-refractivity contribution is 6.31. The molecule has 0 aliphatic carbocycles. The molecule has 0 bridgehead atoms. The van der Waals surface area contributed by atoms with Gasteiger partial charge in [0.2, 0.25) is 0 Å². The molecule has 4 heteroatoms. The van der Waals surface area contributed by atoms with Crippen molar-refractivity contribution >= 4 is 23.2 Å². The second-order valence-electron chi connectivity index (χ2n) is 5.11. The molecule has 0 saturated heterocycles. The first-order valence-electron chi connectivity index (χ1n) is 7.41. The number of aryl methyl sites for hydroxylation is 1. The largest absolute Gasteiger partial charge is 0.493 e. The van der Waals surface area contributed by atoms with Crippen LogP contribution in [0.25, 0.3) is 0 Å². The van der Waals surface area contributed by atoms with Gasteiger partial charge in [-0.15, -0.1) is 0 Å². The van der Waals surface area contributed by atoms with Gasteiger partial charge in [0.05, 0.1) is 12.2 Å². The average Bonchev–Trinajstić information content (AvgIpc) is 2.51. The van der Waals surface area contributed by atoms with Crippen LogP contribution in [0, 0.1) is 6.92 Å².